The zero-order chi connectivity index (χ0) is 14.3. The summed E-state index contributed by atoms with van der Waals surface area (Å²) in [6.45, 7) is 6.70. The molecule has 0 saturated carbocycles. The average molecular weight is 267 g/mol. The number of para-hydroxylation sites is 1. The lowest BCUT2D eigenvalue weighted by molar-refractivity contribution is -0.139. The second kappa shape index (κ2) is 7.63. The molecule has 5 heteroatoms. The monoisotopic (exact) mass is 267 g/mol. The Morgan fingerprint density at radius 3 is 2.68 bits per heavy atom. The van der Waals surface area contributed by atoms with Gasteiger partial charge in [0, 0.05) is 18.2 Å². The van der Waals surface area contributed by atoms with E-state index in [4.69, 9.17) is 14.6 Å². The number of hydrogen-bond donors (Lipinski definition) is 2. The molecule has 0 spiro atoms. The van der Waals surface area contributed by atoms with E-state index in [1.807, 2.05) is 32.9 Å². The fourth-order valence-corrected chi connectivity index (χ4v) is 1.58. The average Bonchev–Trinajstić information content (AvgIpc) is 2.35. The SMILES string of the molecule is CCOc1cccc(CNC(C)C)c1OCC(=O)O. The molecule has 0 bridgehead atoms. The summed E-state index contributed by atoms with van der Waals surface area (Å²) in [5.41, 5.74) is 0.890. The summed E-state index contributed by atoms with van der Waals surface area (Å²) in [4.78, 5) is 10.6. The van der Waals surface area contributed by atoms with Crippen LogP contribution in [0.4, 0.5) is 0 Å². The Hall–Kier alpha value is -1.75. The number of rotatable bonds is 8. The van der Waals surface area contributed by atoms with Crippen molar-refractivity contribution in [2.45, 2.75) is 33.4 Å². The van der Waals surface area contributed by atoms with Gasteiger partial charge in [0.1, 0.15) is 0 Å². The van der Waals surface area contributed by atoms with Crippen molar-refractivity contribution >= 4 is 5.97 Å². The molecule has 19 heavy (non-hydrogen) atoms. The summed E-state index contributed by atoms with van der Waals surface area (Å²) >= 11 is 0. The third-order valence-electron chi connectivity index (χ3n) is 2.40. The van der Waals surface area contributed by atoms with Crippen LogP contribution in [0.15, 0.2) is 18.2 Å². The predicted molar refractivity (Wildman–Crippen MR) is 72.7 cm³/mol. The molecule has 0 aliphatic heterocycles. The topological polar surface area (TPSA) is 67.8 Å². The molecule has 0 amide bonds. The van der Waals surface area contributed by atoms with Crippen LogP contribution in [-0.4, -0.2) is 30.3 Å². The highest BCUT2D eigenvalue weighted by Crippen LogP contribution is 2.31. The number of carbonyl (C=O) groups is 1. The van der Waals surface area contributed by atoms with Crippen molar-refractivity contribution in [1.29, 1.82) is 0 Å². The van der Waals surface area contributed by atoms with E-state index in [1.165, 1.54) is 0 Å². The molecule has 0 aliphatic carbocycles. The number of carboxylic acid groups (broad SMARTS) is 1. The summed E-state index contributed by atoms with van der Waals surface area (Å²) in [7, 11) is 0. The zero-order valence-electron chi connectivity index (χ0n) is 11.6. The minimum atomic E-state index is -1.01. The first-order valence-electron chi connectivity index (χ1n) is 6.37. The molecule has 0 heterocycles. The van der Waals surface area contributed by atoms with Gasteiger partial charge >= 0.3 is 5.97 Å². The van der Waals surface area contributed by atoms with Crippen molar-refractivity contribution < 1.29 is 19.4 Å². The van der Waals surface area contributed by atoms with Gasteiger partial charge in [-0.25, -0.2) is 4.79 Å². The smallest absolute Gasteiger partial charge is 0.341 e. The Morgan fingerprint density at radius 1 is 1.37 bits per heavy atom. The van der Waals surface area contributed by atoms with Crippen LogP contribution in [0.1, 0.15) is 26.3 Å². The zero-order valence-corrected chi connectivity index (χ0v) is 11.6. The third-order valence-corrected chi connectivity index (χ3v) is 2.40. The number of nitrogens with one attached hydrogen (secondary N) is 1. The van der Waals surface area contributed by atoms with E-state index in [0.717, 1.165) is 5.56 Å². The van der Waals surface area contributed by atoms with Gasteiger partial charge in [-0.3, -0.25) is 0 Å². The summed E-state index contributed by atoms with van der Waals surface area (Å²) in [6, 6.07) is 5.88. The molecule has 5 nitrogen and oxygen atoms in total. The molecule has 1 aromatic rings. The fraction of sp³-hybridized carbons (Fsp3) is 0.500. The van der Waals surface area contributed by atoms with Gasteiger partial charge in [0.05, 0.1) is 6.61 Å². The maximum absolute atomic E-state index is 10.6. The molecule has 0 saturated heterocycles. The lowest BCUT2D eigenvalue weighted by Crippen LogP contribution is -2.22. The third kappa shape index (κ3) is 5.18. The van der Waals surface area contributed by atoms with Crippen LogP contribution in [0.25, 0.3) is 0 Å². The Morgan fingerprint density at radius 2 is 2.11 bits per heavy atom. The van der Waals surface area contributed by atoms with E-state index in [9.17, 15) is 4.79 Å². The maximum Gasteiger partial charge on any atom is 0.341 e. The van der Waals surface area contributed by atoms with Gasteiger partial charge in [-0.05, 0) is 13.0 Å². The number of aliphatic carboxylic acids is 1. The van der Waals surface area contributed by atoms with Crippen molar-refractivity contribution in [3.8, 4) is 11.5 Å². The van der Waals surface area contributed by atoms with Crippen molar-refractivity contribution in [2.24, 2.45) is 0 Å². The lowest BCUT2D eigenvalue weighted by Gasteiger charge is -2.16. The predicted octanol–water partition coefficient (Wildman–Crippen LogP) is 2.05. The van der Waals surface area contributed by atoms with Crippen LogP contribution in [0.2, 0.25) is 0 Å². The second-order valence-corrected chi connectivity index (χ2v) is 4.40. The van der Waals surface area contributed by atoms with Crippen molar-refractivity contribution in [2.75, 3.05) is 13.2 Å². The lowest BCUT2D eigenvalue weighted by atomic mass is 10.1. The number of carboxylic acids is 1. The van der Waals surface area contributed by atoms with E-state index in [1.54, 1.807) is 6.07 Å². The van der Waals surface area contributed by atoms with Gasteiger partial charge in [-0.1, -0.05) is 26.0 Å². The highest BCUT2D eigenvalue weighted by atomic mass is 16.5. The molecule has 2 N–H and O–H groups in total. The Kier molecular flexibility index (Phi) is 6.15. The molecule has 0 aromatic heterocycles. The molecule has 0 atom stereocenters. The van der Waals surface area contributed by atoms with E-state index >= 15 is 0 Å². The van der Waals surface area contributed by atoms with Crippen LogP contribution >= 0.6 is 0 Å². The first kappa shape index (κ1) is 15.3. The van der Waals surface area contributed by atoms with Crippen LogP contribution in [0.3, 0.4) is 0 Å². The first-order chi connectivity index (χ1) is 9.04. The molecule has 106 valence electrons. The van der Waals surface area contributed by atoms with Gasteiger partial charge in [-0.2, -0.15) is 0 Å². The number of ether oxygens (including phenoxy) is 2. The summed E-state index contributed by atoms with van der Waals surface area (Å²) in [5, 5.41) is 12.0. The van der Waals surface area contributed by atoms with Gasteiger partial charge in [0.25, 0.3) is 0 Å². The molecule has 1 aromatic carbocycles. The van der Waals surface area contributed by atoms with Gasteiger partial charge in [0.15, 0.2) is 18.1 Å². The Bertz CT molecular complexity index is 418. The minimum Gasteiger partial charge on any atom is -0.490 e. The van der Waals surface area contributed by atoms with Crippen molar-refractivity contribution in [3.63, 3.8) is 0 Å². The molecular formula is C14H21NO4. The fourth-order valence-electron chi connectivity index (χ4n) is 1.58. The van der Waals surface area contributed by atoms with Gasteiger partial charge in [0.2, 0.25) is 0 Å². The number of hydrogen-bond acceptors (Lipinski definition) is 4. The molecule has 1 rings (SSSR count). The van der Waals surface area contributed by atoms with Gasteiger partial charge in [-0.15, -0.1) is 0 Å². The first-order valence-corrected chi connectivity index (χ1v) is 6.37. The molecule has 0 aliphatic rings. The summed E-state index contributed by atoms with van der Waals surface area (Å²) < 4.78 is 10.8. The van der Waals surface area contributed by atoms with Crippen LogP contribution in [0, 0.1) is 0 Å². The van der Waals surface area contributed by atoms with Crippen LogP contribution < -0.4 is 14.8 Å². The Balaban J connectivity index is 2.92. The van der Waals surface area contributed by atoms with Crippen LogP contribution in [-0.2, 0) is 11.3 Å². The van der Waals surface area contributed by atoms with Gasteiger partial charge < -0.3 is 19.9 Å². The molecule has 0 fully saturated rings. The van der Waals surface area contributed by atoms with E-state index in [-0.39, 0.29) is 6.61 Å². The molecular weight excluding hydrogens is 246 g/mol. The Labute approximate surface area is 113 Å². The molecule has 0 radical (unpaired) electrons. The molecule has 0 unspecified atom stereocenters. The largest absolute Gasteiger partial charge is 0.490 e. The number of benzene rings is 1. The van der Waals surface area contributed by atoms with Crippen molar-refractivity contribution in [3.05, 3.63) is 23.8 Å². The second-order valence-electron chi connectivity index (χ2n) is 4.40. The van der Waals surface area contributed by atoms with Crippen LogP contribution in [0.5, 0.6) is 11.5 Å². The van der Waals surface area contributed by atoms with Crippen molar-refractivity contribution in [1.82, 2.24) is 5.32 Å². The minimum absolute atomic E-state index is 0.336. The standard InChI is InChI=1S/C14H21NO4/c1-4-18-12-7-5-6-11(8-15-10(2)3)14(12)19-9-13(16)17/h5-7,10,15H,4,8-9H2,1-3H3,(H,16,17). The summed E-state index contributed by atoms with van der Waals surface area (Å²) in [6.07, 6.45) is 0. The summed E-state index contributed by atoms with van der Waals surface area (Å²) in [5.74, 6) is 0.0702. The maximum atomic E-state index is 10.6. The van der Waals surface area contributed by atoms with E-state index < -0.39 is 5.97 Å². The quantitative estimate of drug-likeness (QED) is 0.754. The highest BCUT2D eigenvalue weighted by Gasteiger charge is 2.12. The highest BCUT2D eigenvalue weighted by molar-refractivity contribution is 5.68. The van der Waals surface area contributed by atoms with E-state index in [2.05, 4.69) is 5.32 Å². The normalized spacial score (nSPS) is 10.5. The van der Waals surface area contributed by atoms with E-state index in [0.29, 0.717) is 30.7 Å².